The van der Waals surface area contributed by atoms with Gasteiger partial charge in [0.25, 0.3) is 0 Å². The number of aromatic nitrogens is 2. The number of nitriles is 1. The number of thioether (sulfide) groups is 1. The molecule has 1 aromatic rings. The third-order valence-electron chi connectivity index (χ3n) is 2.05. The summed E-state index contributed by atoms with van der Waals surface area (Å²) in [6.45, 7) is 3.40. The zero-order valence-electron chi connectivity index (χ0n) is 9.73. The Morgan fingerprint density at radius 2 is 2.18 bits per heavy atom. The third-order valence-corrected chi connectivity index (χ3v) is 3.12. The second kappa shape index (κ2) is 6.21. The highest BCUT2D eigenvalue weighted by atomic mass is 32.2. The van der Waals surface area contributed by atoms with E-state index < -0.39 is 5.97 Å². The molecule has 1 heterocycles. The molecule has 0 unspecified atom stereocenters. The van der Waals surface area contributed by atoms with E-state index in [1.807, 2.05) is 0 Å². The van der Waals surface area contributed by atoms with Gasteiger partial charge in [0.1, 0.15) is 16.4 Å². The van der Waals surface area contributed by atoms with Crippen LogP contribution in [0, 0.1) is 25.2 Å². The summed E-state index contributed by atoms with van der Waals surface area (Å²) in [4.78, 5) is 19.3. The van der Waals surface area contributed by atoms with Crippen LogP contribution < -0.4 is 0 Å². The lowest BCUT2D eigenvalue weighted by Crippen LogP contribution is -2.08. The topological polar surface area (TPSA) is 86.9 Å². The fourth-order valence-electron chi connectivity index (χ4n) is 1.35. The van der Waals surface area contributed by atoms with E-state index in [-0.39, 0.29) is 5.56 Å². The lowest BCUT2D eigenvalue weighted by Gasteiger charge is -2.07. The van der Waals surface area contributed by atoms with Crippen LogP contribution in [0.1, 0.15) is 34.7 Å². The summed E-state index contributed by atoms with van der Waals surface area (Å²) in [6, 6.07) is 2.05. The number of rotatable bonds is 5. The van der Waals surface area contributed by atoms with Crippen molar-refractivity contribution in [3.63, 3.8) is 0 Å². The second-order valence-corrected chi connectivity index (χ2v) is 4.54. The van der Waals surface area contributed by atoms with Crippen molar-refractivity contribution in [2.45, 2.75) is 31.7 Å². The summed E-state index contributed by atoms with van der Waals surface area (Å²) < 4.78 is 0. The van der Waals surface area contributed by atoms with Crippen LogP contribution in [0.4, 0.5) is 0 Å². The van der Waals surface area contributed by atoms with Crippen molar-refractivity contribution in [3.8, 4) is 6.07 Å². The minimum absolute atomic E-state index is 0.164. The van der Waals surface area contributed by atoms with Gasteiger partial charge in [-0.15, -0.1) is 11.8 Å². The summed E-state index contributed by atoms with van der Waals surface area (Å²) in [5, 5.41) is 18.0. The van der Waals surface area contributed by atoms with Crippen LogP contribution in [0.5, 0.6) is 0 Å². The van der Waals surface area contributed by atoms with Crippen LogP contribution in [-0.4, -0.2) is 26.8 Å². The van der Waals surface area contributed by atoms with Gasteiger partial charge in [0.15, 0.2) is 0 Å². The van der Waals surface area contributed by atoms with Gasteiger partial charge in [-0.3, -0.25) is 0 Å². The number of aryl methyl sites for hydroxylation is 2. The molecular formula is C11H13N3O2S. The maximum atomic E-state index is 11.1. The molecule has 1 rings (SSSR count). The Bertz CT molecular complexity index is 469. The van der Waals surface area contributed by atoms with Crippen LogP contribution >= 0.6 is 11.8 Å². The first-order chi connectivity index (χ1) is 8.06. The molecule has 17 heavy (non-hydrogen) atoms. The minimum Gasteiger partial charge on any atom is -0.478 e. The normalized spacial score (nSPS) is 9.94. The Kier molecular flexibility index (Phi) is 4.91. The van der Waals surface area contributed by atoms with Gasteiger partial charge in [-0.1, -0.05) is 0 Å². The van der Waals surface area contributed by atoms with Gasteiger partial charge in [-0.05, 0) is 20.3 Å². The van der Waals surface area contributed by atoms with E-state index in [1.54, 1.807) is 13.8 Å². The molecule has 0 aliphatic rings. The van der Waals surface area contributed by atoms with Crippen molar-refractivity contribution in [3.05, 3.63) is 17.1 Å². The molecule has 0 aliphatic carbocycles. The number of hydrogen-bond donors (Lipinski definition) is 1. The lowest BCUT2D eigenvalue weighted by molar-refractivity contribution is 0.0690. The van der Waals surface area contributed by atoms with E-state index >= 15 is 0 Å². The first kappa shape index (κ1) is 13.5. The highest BCUT2D eigenvalue weighted by Crippen LogP contribution is 2.23. The lowest BCUT2D eigenvalue weighted by atomic mass is 10.2. The summed E-state index contributed by atoms with van der Waals surface area (Å²) in [6.07, 6.45) is 1.20. The molecule has 0 saturated carbocycles. The highest BCUT2D eigenvalue weighted by Gasteiger charge is 2.16. The van der Waals surface area contributed by atoms with Crippen molar-refractivity contribution < 1.29 is 9.90 Å². The smallest absolute Gasteiger partial charge is 0.340 e. The fraction of sp³-hybridized carbons (Fsp3) is 0.455. The molecule has 0 saturated heterocycles. The Balaban J connectivity index is 2.89. The molecule has 1 N–H and O–H groups in total. The van der Waals surface area contributed by atoms with E-state index in [9.17, 15) is 4.79 Å². The maximum Gasteiger partial charge on any atom is 0.340 e. The Hall–Kier alpha value is -1.61. The van der Waals surface area contributed by atoms with E-state index in [0.29, 0.717) is 28.7 Å². The van der Waals surface area contributed by atoms with Gasteiger partial charge in [-0.2, -0.15) is 5.26 Å². The summed E-state index contributed by atoms with van der Waals surface area (Å²) in [7, 11) is 0. The zero-order valence-corrected chi connectivity index (χ0v) is 10.5. The summed E-state index contributed by atoms with van der Waals surface area (Å²) in [5.41, 5.74) is 0.644. The maximum absolute atomic E-state index is 11.1. The van der Waals surface area contributed by atoms with Crippen molar-refractivity contribution in [2.24, 2.45) is 0 Å². The van der Waals surface area contributed by atoms with Crippen molar-refractivity contribution in [2.75, 3.05) is 5.75 Å². The van der Waals surface area contributed by atoms with E-state index in [2.05, 4.69) is 16.0 Å². The Labute approximate surface area is 104 Å². The second-order valence-electron chi connectivity index (χ2n) is 3.45. The monoisotopic (exact) mass is 251 g/mol. The van der Waals surface area contributed by atoms with Crippen LogP contribution in [0.3, 0.4) is 0 Å². The van der Waals surface area contributed by atoms with Gasteiger partial charge in [0.05, 0.1) is 11.8 Å². The Morgan fingerprint density at radius 1 is 1.47 bits per heavy atom. The number of aromatic carboxylic acids is 1. The van der Waals surface area contributed by atoms with Gasteiger partial charge in [0, 0.05) is 12.2 Å². The molecule has 0 spiro atoms. The molecule has 1 aromatic heterocycles. The molecule has 0 radical (unpaired) electrons. The first-order valence-corrected chi connectivity index (χ1v) is 6.13. The van der Waals surface area contributed by atoms with Crippen molar-refractivity contribution in [1.29, 1.82) is 5.26 Å². The quantitative estimate of drug-likeness (QED) is 0.490. The van der Waals surface area contributed by atoms with Crippen LogP contribution in [0.15, 0.2) is 5.03 Å². The van der Waals surface area contributed by atoms with Gasteiger partial charge < -0.3 is 5.11 Å². The van der Waals surface area contributed by atoms with Crippen molar-refractivity contribution in [1.82, 2.24) is 9.97 Å². The van der Waals surface area contributed by atoms with E-state index in [1.165, 1.54) is 11.8 Å². The summed E-state index contributed by atoms with van der Waals surface area (Å²) in [5.74, 6) is 0.240. The molecule has 0 bridgehead atoms. The average molecular weight is 251 g/mol. The standard InChI is InChI=1S/C11H13N3O2S/c1-7-9(11(15)16)10(14-8(2)13-7)17-6-4-3-5-12/h3-4,6H2,1-2H3,(H,15,16). The number of carboxylic acid groups (broad SMARTS) is 1. The Morgan fingerprint density at radius 3 is 2.76 bits per heavy atom. The molecule has 90 valence electrons. The summed E-state index contributed by atoms with van der Waals surface area (Å²) >= 11 is 1.36. The van der Waals surface area contributed by atoms with Crippen LogP contribution in [0.2, 0.25) is 0 Å². The largest absolute Gasteiger partial charge is 0.478 e. The first-order valence-electron chi connectivity index (χ1n) is 5.14. The third kappa shape index (κ3) is 3.71. The molecule has 0 atom stereocenters. The molecule has 0 aromatic carbocycles. The molecular weight excluding hydrogens is 238 g/mol. The molecule has 0 fully saturated rings. The van der Waals surface area contributed by atoms with Crippen LogP contribution in [0.25, 0.3) is 0 Å². The minimum atomic E-state index is -1.01. The van der Waals surface area contributed by atoms with E-state index in [4.69, 9.17) is 10.4 Å². The zero-order chi connectivity index (χ0) is 12.8. The number of unbranched alkanes of at least 4 members (excludes halogenated alkanes) is 1. The van der Waals surface area contributed by atoms with Gasteiger partial charge >= 0.3 is 5.97 Å². The number of nitrogens with zero attached hydrogens (tertiary/aromatic N) is 3. The van der Waals surface area contributed by atoms with Crippen LogP contribution in [-0.2, 0) is 0 Å². The molecule has 0 aliphatic heterocycles. The molecule has 0 amide bonds. The van der Waals surface area contributed by atoms with Crippen molar-refractivity contribution >= 4 is 17.7 Å². The fourth-order valence-corrected chi connectivity index (χ4v) is 2.41. The van der Waals surface area contributed by atoms with Gasteiger partial charge in [0.2, 0.25) is 0 Å². The SMILES string of the molecule is Cc1nc(C)c(C(=O)O)c(SCCCC#N)n1. The number of hydrogen-bond acceptors (Lipinski definition) is 5. The predicted molar refractivity (Wildman–Crippen MR) is 64.0 cm³/mol. The number of carbonyl (C=O) groups is 1. The average Bonchev–Trinajstić information content (AvgIpc) is 2.22. The number of carboxylic acids is 1. The van der Waals surface area contributed by atoms with Gasteiger partial charge in [-0.25, -0.2) is 14.8 Å². The highest BCUT2D eigenvalue weighted by molar-refractivity contribution is 7.99. The predicted octanol–water partition coefficient (Wildman–Crippen LogP) is 2.19. The van der Waals surface area contributed by atoms with E-state index in [0.717, 1.165) is 6.42 Å². The molecule has 6 heteroatoms. The molecule has 5 nitrogen and oxygen atoms in total.